The normalized spacial score (nSPS) is 17.5. The van der Waals surface area contributed by atoms with Gasteiger partial charge in [0, 0.05) is 4.47 Å². The Labute approximate surface area is 131 Å². The summed E-state index contributed by atoms with van der Waals surface area (Å²) in [5.74, 6) is -1.05. The molecule has 0 aromatic heterocycles. The van der Waals surface area contributed by atoms with Crippen molar-refractivity contribution in [2.24, 2.45) is 5.73 Å². The van der Waals surface area contributed by atoms with Gasteiger partial charge in [0.05, 0.1) is 16.1 Å². The second-order valence-corrected chi connectivity index (χ2v) is 6.35. The number of carbonyl (C=O) groups is 1. The van der Waals surface area contributed by atoms with Gasteiger partial charge in [-0.05, 0) is 40.9 Å². The SMILES string of the molecule is NC(=S)C1(NC(=O)c2c(F)cccc2Br)CCCCC1. The number of carbonyl (C=O) groups excluding carboxylic acids is 1. The van der Waals surface area contributed by atoms with Crippen LogP contribution in [0.5, 0.6) is 0 Å². The van der Waals surface area contributed by atoms with Gasteiger partial charge in [-0.2, -0.15) is 0 Å². The van der Waals surface area contributed by atoms with Gasteiger partial charge in [-0.25, -0.2) is 4.39 Å². The summed E-state index contributed by atoms with van der Waals surface area (Å²) in [6, 6.07) is 4.43. The highest BCUT2D eigenvalue weighted by Crippen LogP contribution is 2.30. The molecular weight excluding hydrogens is 343 g/mol. The van der Waals surface area contributed by atoms with Crippen LogP contribution in [-0.4, -0.2) is 16.4 Å². The number of rotatable bonds is 3. The number of amides is 1. The standard InChI is InChI=1S/C14H16BrFN2OS/c15-9-5-4-6-10(16)11(9)12(19)18-14(13(17)20)7-2-1-3-8-14/h4-6H,1-3,7-8H2,(H2,17,20)(H,18,19). The molecule has 0 bridgehead atoms. The summed E-state index contributed by atoms with van der Waals surface area (Å²) in [6.45, 7) is 0. The van der Waals surface area contributed by atoms with Crippen LogP contribution in [0.15, 0.2) is 22.7 Å². The third-order valence-electron chi connectivity index (χ3n) is 3.72. The monoisotopic (exact) mass is 358 g/mol. The third kappa shape index (κ3) is 3.01. The van der Waals surface area contributed by atoms with Crippen molar-refractivity contribution in [1.29, 1.82) is 0 Å². The molecule has 0 spiro atoms. The van der Waals surface area contributed by atoms with E-state index in [1.165, 1.54) is 6.07 Å². The lowest BCUT2D eigenvalue weighted by Gasteiger charge is -2.37. The van der Waals surface area contributed by atoms with Gasteiger partial charge in [-0.3, -0.25) is 4.79 Å². The third-order valence-corrected chi connectivity index (χ3v) is 4.77. The molecule has 20 heavy (non-hydrogen) atoms. The molecule has 2 rings (SSSR count). The molecule has 0 heterocycles. The Balaban J connectivity index is 2.27. The Hall–Kier alpha value is -1.01. The zero-order chi connectivity index (χ0) is 14.8. The van der Waals surface area contributed by atoms with Crippen LogP contribution in [0.1, 0.15) is 42.5 Å². The molecule has 1 aliphatic rings. The Bertz CT molecular complexity index is 524. The van der Waals surface area contributed by atoms with Crippen molar-refractivity contribution in [3.8, 4) is 0 Å². The quantitative estimate of drug-likeness (QED) is 0.815. The summed E-state index contributed by atoms with van der Waals surface area (Å²) in [5.41, 5.74) is 5.12. The van der Waals surface area contributed by atoms with E-state index in [4.69, 9.17) is 18.0 Å². The minimum atomic E-state index is -0.688. The summed E-state index contributed by atoms with van der Waals surface area (Å²) in [4.78, 5) is 12.6. The maximum absolute atomic E-state index is 13.8. The molecule has 6 heteroatoms. The van der Waals surface area contributed by atoms with Crippen LogP contribution in [0.3, 0.4) is 0 Å². The number of thiocarbonyl (C=S) groups is 1. The number of halogens is 2. The Morgan fingerprint density at radius 2 is 2.00 bits per heavy atom. The number of hydrogen-bond acceptors (Lipinski definition) is 2. The summed E-state index contributed by atoms with van der Waals surface area (Å²) < 4.78 is 14.2. The average molecular weight is 359 g/mol. The molecule has 1 aliphatic carbocycles. The summed E-state index contributed by atoms with van der Waals surface area (Å²) >= 11 is 8.32. The van der Waals surface area contributed by atoms with E-state index >= 15 is 0 Å². The molecule has 0 atom stereocenters. The van der Waals surface area contributed by atoms with E-state index in [9.17, 15) is 9.18 Å². The largest absolute Gasteiger partial charge is 0.391 e. The average Bonchev–Trinajstić information content (AvgIpc) is 2.39. The van der Waals surface area contributed by atoms with E-state index in [1.807, 2.05) is 0 Å². The summed E-state index contributed by atoms with van der Waals surface area (Å²) in [7, 11) is 0. The molecule has 0 saturated heterocycles. The number of hydrogen-bond donors (Lipinski definition) is 2. The van der Waals surface area contributed by atoms with Crippen LogP contribution in [0.25, 0.3) is 0 Å². The highest BCUT2D eigenvalue weighted by atomic mass is 79.9. The molecule has 0 unspecified atom stereocenters. The number of nitrogens with two attached hydrogens (primary N) is 1. The second-order valence-electron chi connectivity index (χ2n) is 5.06. The molecule has 1 aromatic carbocycles. The fourth-order valence-electron chi connectivity index (χ4n) is 2.58. The van der Waals surface area contributed by atoms with Crippen molar-refractivity contribution in [1.82, 2.24) is 5.32 Å². The summed E-state index contributed by atoms with van der Waals surface area (Å²) in [6.07, 6.45) is 4.43. The molecule has 1 amide bonds. The first-order chi connectivity index (χ1) is 9.46. The van der Waals surface area contributed by atoms with Gasteiger partial charge < -0.3 is 11.1 Å². The highest BCUT2D eigenvalue weighted by molar-refractivity contribution is 9.10. The van der Waals surface area contributed by atoms with Crippen molar-refractivity contribution in [2.45, 2.75) is 37.6 Å². The van der Waals surface area contributed by atoms with Gasteiger partial charge in [-0.1, -0.05) is 37.5 Å². The minimum Gasteiger partial charge on any atom is -0.391 e. The van der Waals surface area contributed by atoms with E-state index < -0.39 is 17.3 Å². The van der Waals surface area contributed by atoms with E-state index in [1.54, 1.807) is 12.1 Å². The Morgan fingerprint density at radius 3 is 2.55 bits per heavy atom. The van der Waals surface area contributed by atoms with Crippen molar-refractivity contribution in [3.05, 3.63) is 34.1 Å². The molecule has 0 radical (unpaired) electrons. The summed E-state index contributed by atoms with van der Waals surface area (Å²) in [5, 5.41) is 2.85. The zero-order valence-corrected chi connectivity index (χ0v) is 13.3. The van der Waals surface area contributed by atoms with E-state index in [-0.39, 0.29) is 10.6 Å². The van der Waals surface area contributed by atoms with Gasteiger partial charge in [0.1, 0.15) is 5.82 Å². The van der Waals surface area contributed by atoms with Gasteiger partial charge in [0.15, 0.2) is 0 Å². The smallest absolute Gasteiger partial charge is 0.256 e. The lowest BCUT2D eigenvalue weighted by molar-refractivity contribution is 0.0903. The fraction of sp³-hybridized carbons (Fsp3) is 0.429. The van der Waals surface area contributed by atoms with Gasteiger partial charge in [-0.15, -0.1) is 0 Å². The van der Waals surface area contributed by atoms with Gasteiger partial charge >= 0.3 is 0 Å². The minimum absolute atomic E-state index is 0.00583. The zero-order valence-electron chi connectivity index (χ0n) is 10.9. The lowest BCUT2D eigenvalue weighted by atomic mass is 9.81. The molecular formula is C14H16BrFN2OS. The van der Waals surface area contributed by atoms with Crippen LogP contribution in [-0.2, 0) is 0 Å². The van der Waals surface area contributed by atoms with Crippen molar-refractivity contribution >= 4 is 39.0 Å². The second kappa shape index (κ2) is 6.18. The predicted molar refractivity (Wildman–Crippen MR) is 84.2 cm³/mol. The van der Waals surface area contributed by atoms with E-state index in [0.717, 1.165) is 19.3 Å². The van der Waals surface area contributed by atoms with Crippen molar-refractivity contribution in [2.75, 3.05) is 0 Å². The molecule has 108 valence electrons. The molecule has 3 N–H and O–H groups in total. The van der Waals surface area contributed by atoms with E-state index in [0.29, 0.717) is 17.3 Å². The first kappa shape index (κ1) is 15.4. The van der Waals surface area contributed by atoms with Crippen LogP contribution in [0.4, 0.5) is 4.39 Å². The number of nitrogens with one attached hydrogen (secondary N) is 1. The van der Waals surface area contributed by atoms with Gasteiger partial charge in [0.25, 0.3) is 5.91 Å². The topological polar surface area (TPSA) is 55.1 Å². The van der Waals surface area contributed by atoms with Crippen molar-refractivity contribution < 1.29 is 9.18 Å². The van der Waals surface area contributed by atoms with Crippen LogP contribution < -0.4 is 11.1 Å². The molecule has 1 fully saturated rings. The van der Waals surface area contributed by atoms with Crippen LogP contribution >= 0.6 is 28.1 Å². The molecule has 3 nitrogen and oxygen atoms in total. The van der Waals surface area contributed by atoms with Gasteiger partial charge in [0.2, 0.25) is 0 Å². The fourth-order valence-corrected chi connectivity index (χ4v) is 3.36. The molecule has 1 saturated carbocycles. The van der Waals surface area contributed by atoms with Crippen molar-refractivity contribution in [3.63, 3.8) is 0 Å². The first-order valence-electron chi connectivity index (χ1n) is 6.53. The molecule has 0 aliphatic heterocycles. The lowest BCUT2D eigenvalue weighted by Crippen LogP contribution is -2.57. The highest BCUT2D eigenvalue weighted by Gasteiger charge is 2.37. The van der Waals surface area contributed by atoms with Crippen LogP contribution in [0, 0.1) is 5.82 Å². The first-order valence-corrected chi connectivity index (χ1v) is 7.73. The maximum atomic E-state index is 13.8. The molecule has 1 aromatic rings. The Morgan fingerprint density at radius 1 is 1.35 bits per heavy atom. The van der Waals surface area contributed by atoms with Crippen LogP contribution in [0.2, 0.25) is 0 Å². The number of benzene rings is 1. The van der Waals surface area contributed by atoms with E-state index in [2.05, 4.69) is 21.2 Å². The maximum Gasteiger partial charge on any atom is 0.256 e. The predicted octanol–water partition coefficient (Wildman–Crippen LogP) is 3.31. The Kier molecular flexibility index (Phi) is 4.75.